The second kappa shape index (κ2) is 5.89. The van der Waals surface area contributed by atoms with Gasteiger partial charge in [-0.15, -0.1) is 11.3 Å². The molecule has 0 N–H and O–H groups in total. The highest BCUT2D eigenvalue weighted by Gasteiger charge is 2.37. The average molecular weight is 329 g/mol. The highest BCUT2D eigenvalue weighted by atomic mass is 32.1. The lowest BCUT2D eigenvalue weighted by Gasteiger charge is -2.38. The summed E-state index contributed by atoms with van der Waals surface area (Å²) in [6.45, 7) is 3.16. The fourth-order valence-electron chi connectivity index (χ4n) is 3.43. The summed E-state index contributed by atoms with van der Waals surface area (Å²) < 4.78 is 11.6. The van der Waals surface area contributed by atoms with Crippen LogP contribution in [0.15, 0.2) is 35.7 Å². The van der Waals surface area contributed by atoms with Gasteiger partial charge in [0, 0.05) is 11.4 Å². The number of carbonyl (C=O) groups excluding carboxylic acids is 1. The molecule has 2 aliphatic heterocycles. The molecule has 0 saturated heterocycles. The molecule has 2 aromatic rings. The first-order valence-corrected chi connectivity index (χ1v) is 8.91. The molecule has 4 rings (SSSR count). The third-order valence-electron chi connectivity index (χ3n) is 4.55. The average Bonchev–Trinajstić information content (AvgIpc) is 3.08. The van der Waals surface area contributed by atoms with E-state index in [4.69, 9.17) is 9.47 Å². The standard InChI is InChI=1S/C18H19NO3S/c1-2-13-12-8-10-23-17(12)7-9-19(13)18(20)16-11-21-14-5-3-4-6-15(14)22-16/h3-6,8,10,13,16H,2,7,9,11H2,1H3. The summed E-state index contributed by atoms with van der Waals surface area (Å²) in [7, 11) is 0. The van der Waals surface area contributed by atoms with Gasteiger partial charge >= 0.3 is 0 Å². The Morgan fingerprint density at radius 2 is 2.13 bits per heavy atom. The molecule has 0 spiro atoms. The molecule has 2 atom stereocenters. The van der Waals surface area contributed by atoms with Crippen molar-refractivity contribution in [2.75, 3.05) is 13.2 Å². The molecule has 3 heterocycles. The van der Waals surface area contributed by atoms with Crippen LogP contribution in [0.3, 0.4) is 0 Å². The van der Waals surface area contributed by atoms with Crippen LogP contribution in [0.1, 0.15) is 29.8 Å². The Bertz CT molecular complexity index is 727. The van der Waals surface area contributed by atoms with Crippen LogP contribution < -0.4 is 9.47 Å². The van der Waals surface area contributed by atoms with Gasteiger partial charge in [0.1, 0.15) is 6.61 Å². The molecule has 2 unspecified atom stereocenters. The lowest BCUT2D eigenvalue weighted by Crippen LogP contribution is -2.49. The van der Waals surface area contributed by atoms with E-state index in [9.17, 15) is 4.79 Å². The van der Waals surface area contributed by atoms with Gasteiger partial charge < -0.3 is 14.4 Å². The maximum absolute atomic E-state index is 13.0. The molecule has 2 aliphatic rings. The maximum atomic E-state index is 13.0. The van der Waals surface area contributed by atoms with Gasteiger partial charge in [0.05, 0.1) is 6.04 Å². The number of ether oxygens (including phenoxy) is 2. The van der Waals surface area contributed by atoms with Crippen molar-refractivity contribution in [1.82, 2.24) is 4.90 Å². The number of nitrogens with zero attached hydrogens (tertiary/aromatic N) is 1. The van der Waals surface area contributed by atoms with Crippen molar-refractivity contribution in [3.63, 3.8) is 0 Å². The number of rotatable bonds is 2. The second-order valence-electron chi connectivity index (χ2n) is 5.87. The van der Waals surface area contributed by atoms with Crippen molar-refractivity contribution in [2.45, 2.75) is 31.9 Å². The number of carbonyl (C=O) groups is 1. The fourth-order valence-corrected chi connectivity index (χ4v) is 4.35. The van der Waals surface area contributed by atoms with Crippen LogP contribution >= 0.6 is 11.3 Å². The van der Waals surface area contributed by atoms with E-state index in [-0.39, 0.29) is 18.6 Å². The molecule has 5 heteroatoms. The van der Waals surface area contributed by atoms with Gasteiger partial charge in [0.2, 0.25) is 6.10 Å². The smallest absolute Gasteiger partial charge is 0.267 e. The van der Waals surface area contributed by atoms with E-state index in [2.05, 4.69) is 18.4 Å². The number of amides is 1. The summed E-state index contributed by atoms with van der Waals surface area (Å²) in [5.41, 5.74) is 1.30. The van der Waals surface area contributed by atoms with Crippen LogP contribution in [0.2, 0.25) is 0 Å². The summed E-state index contributed by atoms with van der Waals surface area (Å²) >= 11 is 1.79. The Morgan fingerprint density at radius 1 is 1.30 bits per heavy atom. The Morgan fingerprint density at radius 3 is 2.96 bits per heavy atom. The van der Waals surface area contributed by atoms with E-state index >= 15 is 0 Å². The summed E-state index contributed by atoms with van der Waals surface area (Å²) in [5, 5.41) is 2.12. The summed E-state index contributed by atoms with van der Waals surface area (Å²) in [6, 6.07) is 9.81. The van der Waals surface area contributed by atoms with Gasteiger partial charge in [-0.05, 0) is 42.0 Å². The van der Waals surface area contributed by atoms with Crippen molar-refractivity contribution in [3.05, 3.63) is 46.2 Å². The van der Waals surface area contributed by atoms with Crippen LogP contribution in [-0.4, -0.2) is 30.1 Å². The summed E-state index contributed by atoms with van der Waals surface area (Å²) in [4.78, 5) is 16.4. The van der Waals surface area contributed by atoms with Crippen molar-refractivity contribution < 1.29 is 14.3 Å². The first-order valence-electron chi connectivity index (χ1n) is 8.03. The van der Waals surface area contributed by atoms with E-state index < -0.39 is 6.10 Å². The monoisotopic (exact) mass is 329 g/mol. The molecule has 0 radical (unpaired) electrons. The highest BCUT2D eigenvalue weighted by molar-refractivity contribution is 7.10. The Labute approximate surface area is 139 Å². The van der Waals surface area contributed by atoms with Gasteiger partial charge in [-0.25, -0.2) is 0 Å². The molecular formula is C18H19NO3S. The second-order valence-corrected chi connectivity index (χ2v) is 6.87. The Balaban J connectivity index is 1.56. The van der Waals surface area contributed by atoms with Crippen molar-refractivity contribution >= 4 is 17.2 Å². The van der Waals surface area contributed by atoms with Crippen LogP contribution in [-0.2, 0) is 11.2 Å². The summed E-state index contributed by atoms with van der Waals surface area (Å²) in [5.74, 6) is 1.39. The molecule has 1 aromatic heterocycles. The molecule has 0 aliphatic carbocycles. The number of fused-ring (bicyclic) bond motifs is 2. The van der Waals surface area contributed by atoms with Crippen LogP contribution in [0.25, 0.3) is 0 Å². The number of hydrogen-bond donors (Lipinski definition) is 0. The predicted molar refractivity (Wildman–Crippen MR) is 89.1 cm³/mol. The lowest BCUT2D eigenvalue weighted by molar-refractivity contribution is -0.144. The number of thiophene rings is 1. The molecule has 1 aromatic carbocycles. The first kappa shape index (κ1) is 14.6. The van der Waals surface area contributed by atoms with Gasteiger partial charge in [0.15, 0.2) is 11.5 Å². The number of hydrogen-bond acceptors (Lipinski definition) is 4. The van der Waals surface area contributed by atoms with E-state index in [0.717, 1.165) is 19.4 Å². The third-order valence-corrected chi connectivity index (χ3v) is 5.55. The minimum atomic E-state index is -0.556. The number of benzene rings is 1. The van der Waals surface area contributed by atoms with Gasteiger partial charge in [0.25, 0.3) is 5.91 Å². The minimum absolute atomic E-state index is 0.0307. The van der Waals surface area contributed by atoms with Crippen LogP contribution in [0, 0.1) is 0 Å². The molecule has 1 amide bonds. The predicted octanol–water partition coefficient (Wildman–Crippen LogP) is 3.42. The zero-order valence-corrected chi connectivity index (χ0v) is 13.8. The largest absolute Gasteiger partial charge is 0.485 e. The van der Waals surface area contributed by atoms with E-state index in [1.807, 2.05) is 29.2 Å². The quantitative estimate of drug-likeness (QED) is 0.847. The molecule has 23 heavy (non-hydrogen) atoms. The summed E-state index contributed by atoms with van der Waals surface area (Å²) in [6.07, 6.45) is 1.29. The fraction of sp³-hybridized carbons (Fsp3) is 0.389. The Kier molecular flexibility index (Phi) is 3.73. The molecule has 4 nitrogen and oxygen atoms in total. The molecular weight excluding hydrogens is 310 g/mol. The zero-order valence-electron chi connectivity index (χ0n) is 13.0. The first-order chi connectivity index (χ1) is 11.3. The van der Waals surface area contributed by atoms with Crippen LogP contribution in [0.5, 0.6) is 11.5 Å². The number of para-hydroxylation sites is 2. The van der Waals surface area contributed by atoms with Gasteiger partial charge in [-0.1, -0.05) is 19.1 Å². The molecule has 0 bridgehead atoms. The van der Waals surface area contributed by atoms with Gasteiger partial charge in [-0.2, -0.15) is 0 Å². The van der Waals surface area contributed by atoms with E-state index in [1.165, 1.54) is 10.4 Å². The van der Waals surface area contributed by atoms with Crippen LogP contribution in [0.4, 0.5) is 0 Å². The Hall–Kier alpha value is -2.01. The molecule has 0 fully saturated rings. The maximum Gasteiger partial charge on any atom is 0.267 e. The minimum Gasteiger partial charge on any atom is -0.485 e. The van der Waals surface area contributed by atoms with Crippen molar-refractivity contribution in [3.8, 4) is 11.5 Å². The third kappa shape index (κ3) is 2.49. The molecule has 0 saturated carbocycles. The molecule has 120 valence electrons. The van der Waals surface area contributed by atoms with Crippen molar-refractivity contribution in [2.24, 2.45) is 0 Å². The lowest BCUT2D eigenvalue weighted by atomic mass is 9.97. The zero-order chi connectivity index (χ0) is 15.8. The van der Waals surface area contributed by atoms with E-state index in [1.54, 1.807) is 11.3 Å². The van der Waals surface area contributed by atoms with Crippen molar-refractivity contribution in [1.29, 1.82) is 0 Å². The topological polar surface area (TPSA) is 38.8 Å². The highest BCUT2D eigenvalue weighted by Crippen LogP contribution is 2.37. The van der Waals surface area contributed by atoms with Gasteiger partial charge in [-0.3, -0.25) is 4.79 Å². The van der Waals surface area contributed by atoms with E-state index in [0.29, 0.717) is 11.5 Å². The SMILES string of the molecule is CCC1c2ccsc2CCN1C(=O)C1COc2ccccc2O1. The normalized spacial score (nSPS) is 22.6.